The third-order valence-corrected chi connectivity index (χ3v) is 5.04. The summed E-state index contributed by atoms with van der Waals surface area (Å²) >= 11 is 0. The molecule has 2 fully saturated rings. The number of carbonyl (C=O) groups is 1. The van der Waals surface area contributed by atoms with Gasteiger partial charge >= 0.3 is 0 Å². The van der Waals surface area contributed by atoms with Crippen molar-refractivity contribution in [2.24, 2.45) is 11.7 Å². The van der Waals surface area contributed by atoms with Gasteiger partial charge in [-0.25, -0.2) is 0 Å². The van der Waals surface area contributed by atoms with Crippen LogP contribution in [0.2, 0.25) is 0 Å². The second-order valence-corrected chi connectivity index (χ2v) is 6.45. The van der Waals surface area contributed by atoms with E-state index in [0.717, 1.165) is 31.7 Å². The molecule has 1 saturated heterocycles. The number of nitrogens with one attached hydrogen (secondary N) is 1. The zero-order valence-corrected chi connectivity index (χ0v) is 12.5. The molecule has 0 aromatic rings. The lowest BCUT2D eigenvalue weighted by Gasteiger charge is -2.31. The van der Waals surface area contributed by atoms with Gasteiger partial charge in [-0.3, -0.25) is 4.79 Å². The van der Waals surface area contributed by atoms with Crippen molar-refractivity contribution in [2.75, 3.05) is 19.6 Å². The van der Waals surface area contributed by atoms with Gasteiger partial charge in [0.1, 0.15) is 0 Å². The van der Waals surface area contributed by atoms with Crippen molar-refractivity contribution in [1.82, 2.24) is 10.2 Å². The summed E-state index contributed by atoms with van der Waals surface area (Å²) in [6, 6.07) is 0.539. The molecule has 3 N–H and O–H groups in total. The summed E-state index contributed by atoms with van der Waals surface area (Å²) < 4.78 is 0. The highest BCUT2D eigenvalue weighted by molar-refractivity contribution is 5.85. The number of amides is 1. The molecule has 1 heterocycles. The van der Waals surface area contributed by atoms with Crippen molar-refractivity contribution in [1.29, 1.82) is 0 Å². The Kier molecular flexibility index (Phi) is 4.85. The van der Waals surface area contributed by atoms with Crippen LogP contribution in [0.25, 0.3) is 0 Å². The molecule has 0 radical (unpaired) electrons. The second-order valence-electron chi connectivity index (χ2n) is 6.45. The fourth-order valence-corrected chi connectivity index (χ4v) is 3.79. The first-order chi connectivity index (χ1) is 9.07. The standard InChI is InChI=1S/C15H29N3O/c1-3-17-15(14(16)19)8-6-13(11-15)18-9-4-5-12(2)7-10-18/h12-13,17H,3-11H2,1-2H3,(H2,16,19). The number of nitrogens with zero attached hydrogens (tertiary/aromatic N) is 1. The van der Waals surface area contributed by atoms with Gasteiger partial charge in [0.05, 0.1) is 5.54 Å². The minimum atomic E-state index is -0.447. The Morgan fingerprint density at radius 2 is 2.16 bits per heavy atom. The normalized spacial score (nSPS) is 37.2. The first-order valence-corrected chi connectivity index (χ1v) is 7.86. The minimum Gasteiger partial charge on any atom is -0.368 e. The molecule has 1 aliphatic carbocycles. The summed E-state index contributed by atoms with van der Waals surface area (Å²) in [7, 11) is 0. The highest BCUT2D eigenvalue weighted by Gasteiger charge is 2.45. The summed E-state index contributed by atoms with van der Waals surface area (Å²) in [5.41, 5.74) is 5.20. The summed E-state index contributed by atoms with van der Waals surface area (Å²) in [5.74, 6) is 0.682. The van der Waals surface area contributed by atoms with E-state index in [0.29, 0.717) is 6.04 Å². The van der Waals surface area contributed by atoms with Gasteiger partial charge in [-0.15, -0.1) is 0 Å². The van der Waals surface area contributed by atoms with Crippen LogP contribution in [0, 0.1) is 5.92 Å². The Morgan fingerprint density at radius 3 is 2.84 bits per heavy atom. The molecule has 0 spiro atoms. The fourth-order valence-electron chi connectivity index (χ4n) is 3.79. The molecular weight excluding hydrogens is 238 g/mol. The maximum atomic E-state index is 11.8. The largest absolute Gasteiger partial charge is 0.368 e. The average molecular weight is 267 g/mol. The van der Waals surface area contributed by atoms with Crippen molar-refractivity contribution in [3.8, 4) is 0 Å². The van der Waals surface area contributed by atoms with Crippen molar-refractivity contribution in [2.45, 2.75) is 64.0 Å². The van der Waals surface area contributed by atoms with Gasteiger partial charge in [-0.2, -0.15) is 0 Å². The number of hydrogen-bond acceptors (Lipinski definition) is 3. The monoisotopic (exact) mass is 267 g/mol. The molecule has 1 saturated carbocycles. The number of rotatable bonds is 4. The van der Waals surface area contributed by atoms with E-state index in [2.05, 4.69) is 17.1 Å². The van der Waals surface area contributed by atoms with E-state index in [4.69, 9.17) is 5.73 Å². The maximum Gasteiger partial charge on any atom is 0.237 e. The second kappa shape index (κ2) is 6.23. The van der Waals surface area contributed by atoms with Crippen molar-refractivity contribution in [3.05, 3.63) is 0 Å². The molecule has 19 heavy (non-hydrogen) atoms. The first kappa shape index (κ1) is 14.8. The van der Waals surface area contributed by atoms with Gasteiger partial charge in [-0.1, -0.05) is 13.8 Å². The van der Waals surface area contributed by atoms with Crippen molar-refractivity contribution < 1.29 is 4.79 Å². The Hall–Kier alpha value is -0.610. The van der Waals surface area contributed by atoms with Crippen LogP contribution in [-0.4, -0.2) is 42.0 Å². The van der Waals surface area contributed by atoms with Crippen LogP contribution in [-0.2, 0) is 4.79 Å². The number of likely N-dealkylation sites (N-methyl/N-ethyl adjacent to an activating group) is 1. The number of carbonyl (C=O) groups excluding carboxylic acids is 1. The molecule has 4 nitrogen and oxygen atoms in total. The van der Waals surface area contributed by atoms with Crippen LogP contribution in [0.15, 0.2) is 0 Å². The SMILES string of the molecule is CCNC1(C(N)=O)CCC(N2CCCC(C)CC2)C1. The predicted molar refractivity (Wildman–Crippen MR) is 77.8 cm³/mol. The molecule has 0 aromatic carbocycles. The topological polar surface area (TPSA) is 58.4 Å². The molecule has 2 aliphatic rings. The average Bonchev–Trinajstić information content (AvgIpc) is 2.68. The van der Waals surface area contributed by atoms with E-state index in [-0.39, 0.29) is 5.91 Å². The van der Waals surface area contributed by atoms with E-state index in [9.17, 15) is 4.79 Å². The summed E-state index contributed by atoms with van der Waals surface area (Å²) in [5, 5.41) is 3.35. The van der Waals surface area contributed by atoms with E-state index in [1.807, 2.05) is 6.92 Å². The predicted octanol–water partition coefficient (Wildman–Crippen LogP) is 1.49. The van der Waals surface area contributed by atoms with Gasteiger partial charge in [0.25, 0.3) is 0 Å². The Labute approximate surface area is 117 Å². The number of hydrogen-bond donors (Lipinski definition) is 2. The highest BCUT2D eigenvalue weighted by Crippen LogP contribution is 2.34. The molecule has 1 amide bonds. The zero-order chi connectivity index (χ0) is 13.9. The van der Waals surface area contributed by atoms with Crippen LogP contribution >= 0.6 is 0 Å². The lowest BCUT2D eigenvalue weighted by Crippen LogP contribution is -2.54. The summed E-state index contributed by atoms with van der Waals surface area (Å²) in [6.45, 7) is 7.59. The van der Waals surface area contributed by atoms with E-state index in [1.165, 1.54) is 32.4 Å². The van der Waals surface area contributed by atoms with E-state index < -0.39 is 5.54 Å². The van der Waals surface area contributed by atoms with Gasteiger partial charge in [0.2, 0.25) is 5.91 Å². The van der Waals surface area contributed by atoms with Crippen LogP contribution in [0.5, 0.6) is 0 Å². The fraction of sp³-hybridized carbons (Fsp3) is 0.933. The molecule has 1 aliphatic heterocycles. The van der Waals surface area contributed by atoms with E-state index >= 15 is 0 Å². The van der Waals surface area contributed by atoms with Crippen molar-refractivity contribution in [3.63, 3.8) is 0 Å². The third kappa shape index (κ3) is 3.29. The smallest absolute Gasteiger partial charge is 0.237 e. The number of likely N-dealkylation sites (tertiary alicyclic amines) is 1. The Morgan fingerprint density at radius 1 is 1.37 bits per heavy atom. The van der Waals surface area contributed by atoms with Crippen LogP contribution < -0.4 is 11.1 Å². The minimum absolute atomic E-state index is 0.167. The molecule has 3 atom stereocenters. The third-order valence-electron chi connectivity index (χ3n) is 5.04. The Bertz CT molecular complexity index is 321. The molecule has 3 unspecified atom stereocenters. The Balaban J connectivity index is 1.98. The zero-order valence-electron chi connectivity index (χ0n) is 12.5. The quantitative estimate of drug-likeness (QED) is 0.811. The number of nitrogens with two attached hydrogens (primary N) is 1. The number of primary amides is 1. The van der Waals surface area contributed by atoms with Gasteiger partial charge in [-0.05, 0) is 64.1 Å². The van der Waals surface area contributed by atoms with Gasteiger partial charge in [0.15, 0.2) is 0 Å². The molecule has 110 valence electrons. The highest BCUT2D eigenvalue weighted by atomic mass is 16.1. The summed E-state index contributed by atoms with van der Waals surface area (Å²) in [4.78, 5) is 14.4. The molecular formula is C15H29N3O. The molecule has 0 aromatic heterocycles. The van der Waals surface area contributed by atoms with Crippen LogP contribution in [0.4, 0.5) is 0 Å². The van der Waals surface area contributed by atoms with Crippen LogP contribution in [0.3, 0.4) is 0 Å². The van der Waals surface area contributed by atoms with Crippen LogP contribution in [0.1, 0.15) is 52.4 Å². The first-order valence-electron chi connectivity index (χ1n) is 7.86. The molecule has 2 rings (SSSR count). The van der Waals surface area contributed by atoms with Crippen molar-refractivity contribution >= 4 is 5.91 Å². The maximum absolute atomic E-state index is 11.8. The van der Waals surface area contributed by atoms with E-state index in [1.54, 1.807) is 0 Å². The lowest BCUT2D eigenvalue weighted by atomic mass is 9.96. The van der Waals surface area contributed by atoms with Gasteiger partial charge < -0.3 is 16.0 Å². The molecule has 0 bridgehead atoms. The summed E-state index contributed by atoms with van der Waals surface area (Å²) in [6.07, 6.45) is 6.82. The molecule has 4 heteroatoms. The lowest BCUT2D eigenvalue weighted by molar-refractivity contribution is -0.124. The van der Waals surface area contributed by atoms with Gasteiger partial charge in [0, 0.05) is 6.04 Å².